The molecule has 0 aliphatic heterocycles. The van der Waals surface area contributed by atoms with E-state index in [9.17, 15) is 9.59 Å². The summed E-state index contributed by atoms with van der Waals surface area (Å²) >= 11 is 4.13. The van der Waals surface area contributed by atoms with Crippen LogP contribution in [0.1, 0.15) is 15.9 Å². The molecule has 0 saturated heterocycles. The molecular formula is C11H8O2S. The van der Waals surface area contributed by atoms with E-state index in [1.807, 2.05) is 12.1 Å². The van der Waals surface area contributed by atoms with Gasteiger partial charge in [-0.25, -0.2) is 0 Å². The van der Waals surface area contributed by atoms with Gasteiger partial charge in [-0.3, -0.25) is 9.59 Å². The van der Waals surface area contributed by atoms with Crippen LogP contribution in [0.3, 0.4) is 0 Å². The average molecular weight is 204 g/mol. The minimum atomic E-state index is -0.451. The van der Waals surface area contributed by atoms with Gasteiger partial charge in [-0.05, 0) is 17.2 Å². The van der Waals surface area contributed by atoms with Crippen molar-refractivity contribution in [3.63, 3.8) is 0 Å². The Bertz CT molecular complexity index is 446. The Morgan fingerprint density at radius 1 is 1.07 bits per heavy atom. The van der Waals surface area contributed by atoms with Gasteiger partial charge in [-0.1, -0.05) is 24.3 Å². The number of ketones is 2. The van der Waals surface area contributed by atoms with Crippen molar-refractivity contribution in [2.45, 2.75) is 0 Å². The summed E-state index contributed by atoms with van der Waals surface area (Å²) in [5.41, 5.74) is 2.13. The van der Waals surface area contributed by atoms with E-state index in [1.165, 1.54) is 6.08 Å². The zero-order chi connectivity index (χ0) is 10.1. The van der Waals surface area contributed by atoms with Crippen molar-refractivity contribution in [1.82, 2.24) is 0 Å². The molecule has 0 N–H and O–H groups in total. The summed E-state index contributed by atoms with van der Waals surface area (Å²) in [6.45, 7) is 0. The molecule has 0 unspecified atom stereocenters. The van der Waals surface area contributed by atoms with E-state index in [-0.39, 0.29) is 0 Å². The third-order valence-electron chi connectivity index (χ3n) is 2.22. The van der Waals surface area contributed by atoms with Gasteiger partial charge < -0.3 is 0 Å². The standard InChI is InChI=1S/C11H8O2S/c12-10-5-7(6-14)8-3-1-2-4-9(8)11(10)13/h1-5,14H,6H2. The Balaban J connectivity index is 2.66. The molecule has 3 heteroatoms. The topological polar surface area (TPSA) is 34.1 Å². The van der Waals surface area contributed by atoms with Gasteiger partial charge in [0.05, 0.1) is 0 Å². The molecule has 2 rings (SSSR count). The highest BCUT2D eigenvalue weighted by Crippen LogP contribution is 2.25. The van der Waals surface area contributed by atoms with Crippen LogP contribution in [-0.2, 0) is 4.79 Å². The maximum atomic E-state index is 11.5. The first-order valence-corrected chi connectivity index (χ1v) is 4.87. The second kappa shape index (κ2) is 3.42. The predicted octanol–water partition coefficient (Wildman–Crippen LogP) is 1.77. The van der Waals surface area contributed by atoms with Crippen molar-refractivity contribution in [3.05, 3.63) is 41.5 Å². The Kier molecular flexibility index (Phi) is 2.25. The lowest BCUT2D eigenvalue weighted by Crippen LogP contribution is -2.18. The lowest BCUT2D eigenvalue weighted by atomic mass is 9.90. The van der Waals surface area contributed by atoms with Crippen LogP contribution >= 0.6 is 12.6 Å². The van der Waals surface area contributed by atoms with Crippen LogP contribution in [0.2, 0.25) is 0 Å². The third-order valence-corrected chi connectivity index (χ3v) is 2.56. The summed E-state index contributed by atoms with van der Waals surface area (Å²) in [5.74, 6) is -0.408. The van der Waals surface area contributed by atoms with Crippen LogP contribution in [0.4, 0.5) is 0 Å². The van der Waals surface area contributed by atoms with Gasteiger partial charge in [0.1, 0.15) is 0 Å². The molecule has 14 heavy (non-hydrogen) atoms. The van der Waals surface area contributed by atoms with Gasteiger partial charge in [-0.15, -0.1) is 0 Å². The molecule has 0 fully saturated rings. The van der Waals surface area contributed by atoms with Gasteiger partial charge in [0.2, 0.25) is 11.6 Å². The Hall–Kier alpha value is -1.35. The van der Waals surface area contributed by atoms with Crippen molar-refractivity contribution in [3.8, 4) is 0 Å². The van der Waals surface area contributed by atoms with E-state index in [0.717, 1.165) is 11.1 Å². The molecule has 0 aromatic heterocycles. The zero-order valence-corrected chi connectivity index (χ0v) is 8.25. The van der Waals surface area contributed by atoms with Gasteiger partial charge in [0, 0.05) is 11.3 Å². The molecule has 0 spiro atoms. The largest absolute Gasteiger partial charge is 0.286 e. The molecule has 70 valence electrons. The van der Waals surface area contributed by atoms with Gasteiger partial charge in [-0.2, -0.15) is 12.6 Å². The maximum Gasteiger partial charge on any atom is 0.233 e. The molecule has 1 aromatic rings. The van der Waals surface area contributed by atoms with E-state index < -0.39 is 11.6 Å². The lowest BCUT2D eigenvalue weighted by Gasteiger charge is -2.13. The summed E-state index contributed by atoms with van der Waals surface area (Å²) in [6.07, 6.45) is 1.37. The first-order valence-electron chi connectivity index (χ1n) is 4.23. The number of rotatable bonds is 1. The van der Waals surface area contributed by atoms with Crippen molar-refractivity contribution in [2.24, 2.45) is 0 Å². The number of fused-ring (bicyclic) bond motifs is 1. The summed E-state index contributed by atoms with van der Waals surface area (Å²) in [7, 11) is 0. The SMILES string of the molecule is O=C1C=C(CS)c2ccccc2C1=O. The normalized spacial score (nSPS) is 15.1. The van der Waals surface area contributed by atoms with Crippen LogP contribution in [0.15, 0.2) is 30.3 Å². The average Bonchev–Trinajstić information content (AvgIpc) is 2.23. The summed E-state index contributed by atoms with van der Waals surface area (Å²) in [5, 5.41) is 0. The highest BCUT2D eigenvalue weighted by molar-refractivity contribution is 7.80. The van der Waals surface area contributed by atoms with Crippen LogP contribution in [-0.4, -0.2) is 17.3 Å². The van der Waals surface area contributed by atoms with Gasteiger partial charge >= 0.3 is 0 Å². The number of benzene rings is 1. The minimum absolute atomic E-state index is 0.425. The smallest absolute Gasteiger partial charge is 0.233 e. The molecule has 0 amide bonds. The maximum absolute atomic E-state index is 11.5. The molecule has 2 nitrogen and oxygen atoms in total. The summed E-state index contributed by atoms with van der Waals surface area (Å²) in [6, 6.07) is 7.11. The van der Waals surface area contributed by atoms with Crippen molar-refractivity contribution in [1.29, 1.82) is 0 Å². The van der Waals surface area contributed by atoms with E-state index in [4.69, 9.17) is 0 Å². The first-order chi connectivity index (χ1) is 6.74. The lowest BCUT2D eigenvalue weighted by molar-refractivity contribution is -0.111. The summed E-state index contributed by atoms with van der Waals surface area (Å²) < 4.78 is 0. The van der Waals surface area contributed by atoms with Crippen molar-refractivity contribution < 1.29 is 9.59 Å². The van der Waals surface area contributed by atoms with Crippen molar-refractivity contribution >= 4 is 29.8 Å². The number of Topliss-reactive ketones (excluding diaryl/α,β-unsaturated/α-hetero) is 1. The van der Waals surface area contributed by atoms with E-state index in [0.29, 0.717) is 11.3 Å². The van der Waals surface area contributed by atoms with Gasteiger partial charge in [0.15, 0.2) is 0 Å². The van der Waals surface area contributed by atoms with Crippen LogP contribution < -0.4 is 0 Å². The van der Waals surface area contributed by atoms with E-state index in [1.54, 1.807) is 12.1 Å². The van der Waals surface area contributed by atoms with Crippen molar-refractivity contribution in [2.75, 3.05) is 5.75 Å². The number of carbonyl (C=O) groups is 2. The molecule has 0 heterocycles. The molecule has 1 aromatic carbocycles. The number of hydrogen-bond acceptors (Lipinski definition) is 3. The molecule has 0 radical (unpaired) electrons. The number of hydrogen-bond donors (Lipinski definition) is 1. The van der Waals surface area contributed by atoms with Crippen LogP contribution in [0.25, 0.3) is 5.57 Å². The van der Waals surface area contributed by atoms with Crippen LogP contribution in [0.5, 0.6) is 0 Å². The highest BCUT2D eigenvalue weighted by Gasteiger charge is 2.24. The van der Waals surface area contributed by atoms with E-state index in [2.05, 4.69) is 12.6 Å². The molecule has 0 atom stereocenters. The molecule has 1 aliphatic rings. The minimum Gasteiger partial charge on any atom is -0.286 e. The molecule has 0 bridgehead atoms. The van der Waals surface area contributed by atoms with Crippen LogP contribution in [0, 0.1) is 0 Å². The molecular weight excluding hydrogens is 196 g/mol. The number of carbonyl (C=O) groups excluding carboxylic acids is 2. The van der Waals surface area contributed by atoms with E-state index >= 15 is 0 Å². The third kappa shape index (κ3) is 1.30. The number of thiol groups is 1. The zero-order valence-electron chi connectivity index (χ0n) is 7.36. The fourth-order valence-corrected chi connectivity index (χ4v) is 1.79. The Labute approximate surface area is 87.0 Å². The monoisotopic (exact) mass is 204 g/mol. The fraction of sp³-hybridized carbons (Fsp3) is 0.0909. The quantitative estimate of drug-likeness (QED) is 0.558. The Morgan fingerprint density at radius 2 is 1.71 bits per heavy atom. The second-order valence-electron chi connectivity index (χ2n) is 3.07. The predicted molar refractivity (Wildman–Crippen MR) is 57.6 cm³/mol. The number of allylic oxidation sites excluding steroid dienone is 1. The fourth-order valence-electron chi connectivity index (χ4n) is 1.53. The van der Waals surface area contributed by atoms with Gasteiger partial charge in [0.25, 0.3) is 0 Å². The Morgan fingerprint density at radius 3 is 2.36 bits per heavy atom. The summed E-state index contributed by atoms with van der Waals surface area (Å²) in [4.78, 5) is 22.7. The molecule has 0 saturated carbocycles. The first kappa shape index (κ1) is 9.21. The molecule has 1 aliphatic carbocycles. The second-order valence-corrected chi connectivity index (χ2v) is 3.38. The highest BCUT2D eigenvalue weighted by atomic mass is 32.1.